The molecule has 2 rings (SSSR count). The standard InChI is InChI=1S/C17H17ClN2O/c1-12(14-8-6-13(10-19)7-9-14)20-11-17(21)15-4-2-3-5-16(15)18/h2-9,12,17,20-21H,11H2,1H3. The van der Waals surface area contributed by atoms with E-state index in [1.165, 1.54) is 0 Å². The lowest BCUT2D eigenvalue weighted by molar-refractivity contribution is 0.171. The second-order valence-electron chi connectivity index (χ2n) is 4.90. The van der Waals surface area contributed by atoms with Crippen LogP contribution in [0.1, 0.15) is 35.8 Å². The minimum atomic E-state index is -0.653. The van der Waals surface area contributed by atoms with Gasteiger partial charge in [-0.3, -0.25) is 0 Å². The number of aliphatic hydroxyl groups is 1. The molecule has 0 amide bonds. The summed E-state index contributed by atoms with van der Waals surface area (Å²) in [6, 6.07) is 16.9. The molecule has 3 nitrogen and oxygen atoms in total. The summed E-state index contributed by atoms with van der Waals surface area (Å²) < 4.78 is 0. The summed E-state index contributed by atoms with van der Waals surface area (Å²) >= 11 is 6.07. The molecule has 0 saturated carbocycles. The van der Waals surface area contributed by atoms with Gasteiger partial charge in [0.1, 0.15) is 0 Å². The number of halogens is 1. The summed E-state index contributed by atoms with van der Waals surface area (Å²) in [5.74, 6) is 0. The summed E-state index contributed by atoms with van der Waals surface area (Å²) in [7, 11) is 0. The average molecular weight is 301 g/mol. The molecule has 2 aromatic carbocycles. The van der Waals surface area contributed by atoms with E-state index in [1.807, 2.05) is 37.3 Å². The van der Waals surface area contributed by atoms with Crippen molar-refractivity contribution < 1.29 is 5.11 Å². The van der Waals surface area contributed by atoms with Crippen molar-refractivity contribution in [2.45, 2.75) is 19.1 Å². The van der Waals surface area contributed by atoms with Crippen LogP contribution >= 0.6 is 11.6 Å². The lowest BCUT2D eigenvalue weighted by Crippen LogP contribution is -2.24. The molecule has 21 heavy (non-hydrogen) atoms. The summed E-state index contributed by atoms with van der Waals surface area (Å²) in [5.41, 5.74) is 2.43. The summed E-state index contributed by atoms with van der Waals surface area (Å²) in [4.78, 5) is 0. The van der Waals surface area contributed by atoms with Gasteiger partial charge in [0.05, 0.1) is 17.7 Å². The second kappa shape index (κ2) is 7.24. The number of nitrogens with one attached hydrogen (secondary N) is 1. The van der Waals surface area contributed by atoms with E-state index in [0.29, 0.717) is 17.1 Å². The van der Waals surface area contributed by atoms with Crippen LogP contribution in [0.2, 0.25) is 5.02 Å². The molecule has 0 aliphatic rings. The van der Waals surface area contributed by atoms with Crippen molar-refractivity contribution in [1.82, 2.24) is 5.32 Å². The van der Waals surface area contributed by atoms with Gasteiger partial charge in [0, 0.05) is 23.2 Å². The Labute approximate surface area is 129 Å². The Hall–Kier alpha value is -1.86. The van der Waals surface area contributed by atoms with Crippen molar-refractivity contribution in [2.75, 3.05) is 6.54 Å². The first kappa shape index (κ1) is 15.5. The maximum Gasteiger partial charge on any atom is 0.0991 e. The predicted molar refractivity (Wildman–Crippen MR) is 84.0 cm³/mol. The van der Waals surface area contributed by atoms with E-state index in [2.05, 4.69) is 11.4 Å². The molecule has 2 atom stereocenters. The van der Waals surface area contributed by atoms with Crippen molar-refractivity contribution in [1.29, 1.82) is 5.26 Å². The minimum absolute atomic E-state index is 0.0786. The van der Waals surface area contributed by atoms with Crippen LogP contribution in [0.4, 0.5) is 0 Å². The zero-order chi connectivity index (χ0) is 15.2. The number of aliphatic hydroxyl groups excluding tert-OH is 1. The van der Waals surface area contributed by atoms with Crippen LogP contribution in [0.5, 0.6) is 0 Å². The van der Waals surface area contributed by atoms with E-state index >= 15 is 0 Å². The van der Waals surface area contributed by atoms with Gasteiger partial charge < -0.3 is 10.4 Å². The van der Waals surface area contributed by atoms with E-state index in [1.54, 1.807) is 18.2 Å². The first-order valence-corrected chi connectivity index (χ1v) is 7.15. The SMILES string of the molecule is CC(NCC(O)c1ccccc1Cl)c1ccc(C#N)cc1. The molecular formula is C17H17ClN2O. The molecule has 0 heterocycles. The maximum absolute atomic E-state index is 10.2. The molecule has 0 aromatic heterocycles. The van der Waals surface area contributed by atoms with E-state index in [9.17, 15) is 5.11 Å². The lowest BCUT2D eigenvalue weighted by atomic mass is 10.1. The molecule has 0 fully saturated rings. The molecule has 0 aliphatic carbocycles. The van der Waals surface area contributed by atoms with Crippen molar-refractivity contribution in [2.24, 2.45) is 0 Å². The number of nitrogens with zero attached hydrogens (tertiary/aromatic N) is 1. The fourth-order valence-corrected chi connectivity index (χ4v) is 2.37. The quantitative estimate of drug-likeness (QED) is 0.887. The molecule has 2 unspecified atom stereocenters. The molecule has 0 radical (unpaired) electrons. The fraction of sp³-hybridized carbons (Fsp3) is 0.235. The van der Waals surface area contributed by atoms with Crippen molar-refractivity contribution in [3.63, 3.8) is 0 Å². The van der Waals surface area contributed by atoms with Crippen molar-refractivity contribution >= 4 is 11.6 Å². The van der Waals surface area contributed by atoms with E-state index in [4.69, 9.17) is 16.9 Å². The van der Waals surface area contributed by atoms with Gasteiger partial charge in [-0.2, -0.15) is 5.26 Å². The Morgan fingerprint density at radius 1 is 1.19 bits per heavy atom. The normalized spacial score (nSPS) is 13.4. The monoisotopic (exact) mass is 300 g/mol. The van der Waals surface area contributed by atoms with Crippen LogP contribution in [0.15, 0.2) is 48.5 Å². The molecule has 2 N–H and O–H groups in total. The van der Waals surface area contributed by atoms with Crippen LogP contribution in [0, 0.1) is 11.3 Å². The average Bonchev–Trinajstić information content (AvgIpc) is 2.52. The Morgan fingerprint density at radius 2 is 1.86 bits per heavy atom. The highest BCUT2D eigenvalue weighted by Crippen LogP contribution is 2.22. The van der Waals surface area contributed by atoms with Gasteiger partial charge >= 0.3 is 0 Å². The highest BCUT2D eigenvalue weighted by Gasteiger charge is 2.13. The van der Waals surface area contributed by atoms with Crippen LogP contribution in [-0.4, -0.2) is 11.7 Å². The van der Waals surface area contributed by atoms with Gasteiger partial charge in [0.2, 0.25) is 0 Å². The summed E-state index contributed by atoms with van der Waals surface area (Å²) in [5, 5.41) is 22.8. The van der Waals surface area contributed by atoms with Gasteiger partial charge in [0.15, 0.2) is 0 Å². The third-order valence-electron chi connectivity index (χ3n) is 3.42. The van der Waals surface area contributed by atoms with Crippen LogP contribution in [0.3, 0.4) is 0 Å². The van der Waals surface area contributed by atoms with E-state index in [-0.39, 0.29) is 6.04 Å². The number of hydrogen-bond acceptors (Lipinski definition) is 3. The lowest BCUT2D eigenvalue weighted by Gasteiger charge is -2.18. The highest BCUT2D eigenvalue weighted by molar-refractivity contribution is 6.31. The number of rotatable bonds is 5. The zero-order valence-electron chi connectivity index (χ0n) is 11.8. The topological polar surface area (TPSA) is 56.0 Å². The molecule has 4 heteroatoms. The van der Waals surface area contributed by atoms with Gasteiger partial charge in [-0.1, -0.05) is 41.9 Å². The van der Waals surface area contributed by atoms with Crippen molar-refractivity contribution in [3.05, 3.63) is 70.2 Å². The molecule has 0 aliphatic heterocycles. The second-order valence-corrected chi connectivity index (χ2v) is 5.31. The van der Waals surface area contributed by atoms with E-state index < -0.39 is 6.10 Å². The van der Waals surface area contributed by atoms with Gasteiger partial charge in [-0.25, -0.2) is 0 Å². The molecule has 0 saturated heterocycles. The third-order valence-corrected chi connectivity index (χ3v) is 3.77. The maximum atomic E-state index is 10.2. The smallest absolute Gasteiger partial charge is 0.0991 e. The van der Waals surface area contributed by atoms with Crippen LogP contribution in [-0.2, 0) is 0 Å². The molecule has 108 valence electrons. The van der Waals surface area contributed by atoms with E-state index in [0.717, 1.165) is 11.1 Å². The van der Waals surface area contributed by atoms with Gasteiger partial charge in [0.25, 0.3) is 0 Å². The predicted octanol–water partition coefficient (Wildman–Crippen LogP) is 3.60. The molecular weight excluding hydrogens is 284 g/mol. The molecule has 2 aromatic rings. The Kier molecular flexibility index (Phi) is 5.35. The summed E-state index contributed by atoms with van der Waals surface area (Å²) in [6.07, 6.45) is -0.653. The number of hydrogen-bond donors (Lipinski definition) is 2. The Balaban J connectivity index is 1.96. The largest absolute Gasteiger partial charge is 0.387 e. The first-order valence-electron chi connectivity index (χ1n) is 6.77. The Morgan fingerprint density at radius 3 is 2.48 bits per heavy atom. The third kappa shape index (κ3) is 4.05. The van der Waals surface area contributed by atoms with Crippen LogP contribution in [0.25, 0.3) is 0 Å². The molecule has 0 bridgehead atoms. The minimum Gasteiger partial charge on any atom is -0.387 e. The van der Waals surface area contributed by atoms with Crippen LogP contribution < -0.4 is 5.32 Å². The van der Waals surface area contributed by atoms with Gasteiger partial charge in [-0.05, 0) is 30.7 Å². The first-order chi connectivity index (χ1) is 10.1. The number of benzene rings is 2. The Bertz CT molecular complexity index is 634. The van der Waals surface area contributed by atoms with Crippen molar-refractivity contribution in [3.8, 4) is 6.07 Å². The van der Waals surface area contributed by atoms with Gasteiger partial charge in [-0.15, -0.1) is 0 Å². The number of nitriles is 1. The zero-order valence-corrected chi connectivity index (χ0v) is 12.5. The molecule has 0 spiro atoms. The fourth-order valence-electron chi connectivity index (χ4n) is 2.11. The summed E-state index contributed by atoms with van der Waals surface area (Å²) in [6.45, 7) is 2.42. The highest BCUT2D eigenvalue weighted by atomic mass is 35.5.